The molecule has 0 N–H and O–H groups in total. The molecule has 3 aliphatic heterocycles. The third-order valence-corrected chi connectivity index (χ3v) is 7.80. The van der Waals surface area contributed by atoms with E-state index in [4.69, 9.17) is 4.74 Å². The Morgan fingerprint density at radius 1 is 0.914 bits per heavy atom. The van der Waals surface area contributed by atoms with Gasteiger partial charge in [-0.05, 0) is 63.5 Å². The van der Waals surface area contributed by atoms with Crippen LogP contribution in [0.25, 0.3) is 6.08 Å². The number of carbonyl (C=O) groups is 3. The lowest BCUT2D eigenvalue weighted by Gasteiger charge is -2.35. The van der Waals surface area contributed by atoms with Crippen LogP contribution < -0.4 is 9.64 Å². The predicted molar refractivity (Wildman–Crippen MR) is 135 cm³/mol. The SMILES string of the molecule is COc1ccc(C(=O)[C@@H]2[C@@H]3C(=O)N(c4ccccc4)C(=O)[C@H]3[C@H]3c4ccccc4C=CN23)cc1Br. The van der Waals surface area contributed by atoms with E-state index in [0.29, 0.717) is 21.5 Å². The summed E-state index contributed by atoms with van der Waals surface area (Å²) in [5.74, 6) is -1.65. The van der Waals surface area contributed by atoms with Crippen molar-refractivity contribution < 1.29 is 19.1 Å². The number of amides is 2. The molecule has 3 aromatic rings. The number of methoxy groups -OCH3 is 1. The molecule has 7 heteroatoms. The average molecular weight is 529 g/mol. The number of Topliss-reactive ketones (excluding diaryl/α,β-unsaturated/α-hetero) is 1. The van der Waals surface area contributed by atoms with Gasteiger partial charge in [0.1, 0.15) is 11.8 Å². The number of benzene rings is 3. The van der Waals surface area contributed by atoms with Gasteiger partial charge in [0.05, 0.1) is 35.1 Å². The van der Waals surface area contributed by atoms with E-state index in [9.17, 15) is 14.4 Å². The Kier molecular flexibility index (Phi) is 5.11. The lowest BCUT2D eigenvalue weighted by molar-refractivity contribution is -0.123. The Balaban J connectivity index is 1.49. The van der Waals surface area contributed by atoms with Crippen LogP contribution in [0.1, 0.15) is 27.5 Å². The van der Waals surface area contributed by atoms with E-state index in [1.165, 1.54) is 4.90 Å². The lowest BCUT2D eigenvalue weighted by atomic mass is 9.83. The van der Waals surface area contributed by atoms with Crippen molar-refractivity contribution >= 4 is 45.3 Å². The Bertz CT molecular complexity index is 1400. The summed E-state index contributed by atoms with van der Waals surface area (Å²) in [5, 5.41) is 0. The van der Waals surface area contributed by atoms with Crippen molar-refractivity contribution in [1.29, 1.82) is 0 Å². The molecule has 0 saturated carbocycles. The first-order valence-corrected chi connectivity index (χ1v) is 12.2. The fourth-order valence-electron chi connectivity index (χ4n) is 5.68. The average Bonchev–Trinajstić information content (AvgIpc) is 3.36. The Labute approximate surface area is 210 Å². The maximum absolute atomic E-state index is 14.0. The molecule has 2 saturated heterocycles. The highest BCUT2D eigenvalue weighted by Crippen LogP contribution is 2.53. The second kappa shape index (κ2) is 8.20. The fourth-order valence-corrected chi connectivity index (χ4v) is 6.22. The molecular formula is C28H21BrN2O4. The molecule has 3 heterocycles. The number of halogens is 1. The number of ketones is 1. The molecule has 0 aromatic heterocycles. The zero-order valence-corrected chi connectivity index (χ0v) is 20.4. The second-order valence-electron chi connectivity index (χ2n) is 8.89. The largest absolute Gasteiger partial charge is 0.496 e. The first kappa shape index (κ1) is 21.8. The van der Waals surface area contributed by atoms with Gasteiger partial charge in [0, 0.05) is 11.8 Å². The number of anilines is 1. The van der Waals surface area contributed by atoms with Crippen molar-refractivity contribution in [3.63, 3.8) is 0 Å². The van der Waals surface area contributed by atoms with Crippen LogP contribution >= 0.6 is 15.9 Å². The molecule has 174 valence electrons. The van der Waals surface area contributed by atoms with Gasteiger partial charge in [-0.1, -0.05) is 42.5 Å². The monoisotopic (exact) mass is 528 g/mol. The van der Waals surface area contributed by atoms with Crippen molar-refractivity contribution in [3.05, 3.63) is 100 Å². The predicted octanol–water partition coefficient (Wildman–Crippen LogP) is 4.86. The number of rotatable bonds is 4. The fraction of sp³-hybridized carbons (Fsp3) is 0.179. The topological polar surface area (TPSA) is 66.9 Å². The van der Waals surface area contributed by atoms with Gasteiger partial charge < -0.3 is 9.64 Å². The van der Waals surface area contributed by atoms with E-state index < -0.39 is 23.9 Å². The highest BCUT2D eigenvalue weighted by molar-refractivity contribution is 9.10. The number of fused-ring (bicyclic) bond motifs is 5. The Morgan fingerprint density at radius 2 is 1.63 bits per heavy atom. The standard InChI is InChI=1S/C28H21BrN2O4/c1-35-21-12-11-17(15-20(21)29)26(32)25-23-22(24-19-10-6-5-7-16(19)13-14-30(24)25)27(33)31(28(23)34)18-8-3-2-4-9-18/h2-15,22-25H,1H3/t22-,23-,24-,25+/m1/s1. The summed E-state index contributed by atoms with van der Waals surface area (Å²) in [6, 6.07) is 20.7. The minimum atomic E-state index is -0.805. The van der Waals surface area contributed by atoms with Crippen LogP contribution in [-0.4, -0.2) is 35.6 Å². The molecule has 2 amide bonds. The highest BCUT2D eigenvalue weighted by atomic mass is 79.9. The molecule has 6 rings (SSSR count). The highest BCUT2D eigenvalue weighted by Gasteiger charge is 2.64. The first-order chi connectivity index (χ1) is 17.0. The van der Waals surface area contributed by atoms with Crippen molar-refractivity contribution in [2.24, 2.45) is 11.8 Å². The van der Waals surface area contributed by atoms with Gasteiger partial charge in [-0.3, -0.25) is 14.4 Å². The summed E-state index contributed by atoms with van der Waals surface area (Å²) < 4.78 is 5.96. The molecule has 2 fully saturated rings. The number of carbonyl (C=O) groups excluding carboxylic acids is 3. The van der Waals surface area contributed by atoms with Crippen LogP contribution in [0.4, 0.5) is 5.69 Å². The molecule has 4 atom stereocenters. The van der Waals surface area contributed by atoms with E-state index >= 15 is 0 Å². The van der Waals surface area contributed by atoms with E-state index in [1.807, 2.05) is 47.5 Å². The number of ether oxygens (including phenoxy) is 1. The summed E-state index contributed by atoms with van der Waals surface area (Å²) in [4.78, 5) is 44.8. The van der Waals surface area contributed by atoms with Crippen LogP contribution in [0.3, 0.4) is 0 Å². The van der Waals surface area contributed by atoms with Crippen molar-refractivity contribution in [2.75, 3.05) is 12.0 Å². The quantitative estimate of drug-likeness (QED) is 0.357. The summed E-state index contributed by atoms with van der Waals surface area (Å²) in [6.07, 6.45) is 3.81. The maximum Gasteiger partial charge on any atom is 0.240 e. The Morgan fingerprint density at radius 3 is 2.37 bits per heavy atom. The van der Waals surface area contributed by atoms with Crippen molar-refractivity contribution in [2.45, 2.75) is 12.1 Å². The van der Waals surface area contributed by atoms with Crippen LogP contribution in [0, 0.1) is 11.8 Å². The number of imide groups is 1. The minimum Gasteiger partial charge on any atom is -0.496 e. The van der Waals surface area contributed by atoms with E-state index in [2.05, 4.69) is 15.9 Å². The molecule has 0 radical (unpaired) electrons. The van der Waals surface area contributed by atoms with Crippen LogP contribution in [0.5, 0.6) is 5.75 Å². The van der Waals surface area contributed by atoms with Crippen molar-refractivity contribution in [3.8, 4) is 5.75 Å². The van der Waals surface area contributed by atoms with Crippen LogP contribution in [-0.2, 0) is 9.59 Å². The third kappa shape index (κ3) is 3.18. The summed E-state index contributed by atoms with van der Waals surface area (Å²) >= 11 is 3.46. The molecule has 35 heavy (non-hydrogen) atoms. The molecule has 0 bridgehead atoms. The summed E-state index contributed by atoms with van der Waals surface area (Å²) in [5.41, 5.74) is 2.92. The maximum atomic E-state index is 14.0. The van der Waals surface area contributed by atoms with Crippen LogP contribution in [0.2, 0.25) is 0 Å². The lowest BCUT2D eigenvalue weighted by Crippen LogP contribution is -2.44. The van der Waals surface area contributed by atoms with E-state index in [1.54, 1.807) is 49.6 Å². The molecule has 3 aromatic carbocycles. The number of hydrogen-bond acceptors (Lipinski definition) is 5. The first-order valence-electron chi connectivity index (χ1n) is 11.4. The molecule has 6 nitrogen and oxygen atoms in total. The summed E-state index contributed by atoms with van der Waals surface area (Å²) in [6.45, 7) is 0. The molecule has 0 spiro atoms. The minimum absolute atomic E-state index is 0.203. The number of hydrogen-bond donors (Lipinski definition) is 0. The van der Waals surface area contributed by atoms with Gasteiger partial charge in [0.15, 0.2) is 5.78 Å². The smallest absolute Gasteiger partial charge is 0.240 e. The third-order valence-electron chi connectivity index (χ3n) is 7.18. The zero-order valence-electron chi connectivity index (χ0n) is 18.8. The van der Waals surface area contributed by atoms with Gasteiger partial charge in [-0.25, -0.2) is 4.90 Å². The summed E-state index contributed by atoms with van der Waals surface area (Å²) in [7, 11) is 1.56. The molecule has 3 aliphatic rings. The van der Waals surface area contributed by atoms with Gasteiger partial charge in [-0.15, -0.1) is 0 Å². The number of nitrogens with zero attached hydrogens (tertiary/aromatic N) is 2. The van der Waals surface area contributed by atoms with Crippen molar-refractivity contribution in [1.82, 2.24) is 4.90 Å². The molecule has 0 unspecified atom stereocenters. The second-order valence-corrected chi connectivity index (χ2v) is 9.75. The van der Waals surface area contributed by atoms with E-state index in [-0.39, 0.29) is 17.6 Å². The Hall–Kier alpha value is -3.71. The van der Waals surface area contributed by atoms with Gasteiger partial charge in [0.25, 0.3) is 0 Å². The van der Waals surface area contributed by atoms with Gasteiger partial charge in [0.2, 0.25) is 11.8 Å². The number of para-hydroxylation sites is 1. The normalized spacial score (nSPS) is 24.3. The molecular weight excluding hydrogens is 508 g/mol. The van der Waals surface area contributed by atoms with Gasteiger partial charge >= 0.3 is 0 Å². The van der Waals surface area contributed by atoms with Crippen LogP contribution in [0.15, 0.2) is 83.5 Å². The van der Waals surface area contributed by atoms with E-state index in [0.717, 1.165) is 11.1 Å². The van der Waals surface area contributed by atoms with Gasteiger partial charge in [-0.2, -0.15) is 0 Å². The zero-order chi connectivity index (χ0) is 24.3. The molecule has 0 aliphatic carbocycles.